The molecule has 0 aliphatic carbocycles. The van der Waals surface area contributed by atoms with Gasteiger partial charge in [-0.1, -0.05) is 0 Å². The van der Waals surface area contributed by atoms with Crippen molar-refractivity contribution in [3.63, 3.8) is 0 Å². The van der Waals surface area contributed by atoms with Crippen molar-refractivity contribution < 1.29 is 9.53 Å². The van der Waals surface area contributed by atoms with Gasteiger partial charge in [-0.15, -0.1) is 0 Å². The van der Waals surface area contributed by atoms with Crippen LogP contribution in [0.3, 0.4) is 0 Å². The molecule has 0 bridgehead atoms. The van der Waals surface area contributed by atoms with Crippen molar-refractivity contribution in [2.75, 3.05) is 0 Å². The van der Waals surface area contributed by atoms with Gasteiger partial charge in [0.1, 0.15) is 0 Å². The first-order valence-corrected chi connectivity index (χ1v) is 8.20. The SMILES string of the molecule is O=C1CCC(C[Se]c2cccc3ccccc23)O1. The van der Waals surface area contributed by atoms with Gasteiger partial charge in [0.2, 0.25) is 0 Å². The molecule has 0 radical (unpaired) electrons. The molecule has 2 nitrogen and oxygen atoms in total. The Bertz CT molecular complexity index is 574. The zero-order chi connectivity index (χ0) is 12.4. The molecule has 3 rings (SSSR count). The van der Waals surface area contributed by atoms with Crippen molar-refractivity contribution >= 4 is 36.2 Å². The molecule has 1 saturated heterocycles. The number of benzene rings is 2. The third-order valence-corrected chi connectivity index (χ3v) is 5.67. The van der Waals surface area contributed by atoms with Gasteiger partial charge < -0.3 is 0 Å². The summed E-state index contributed by atoms with van der Waals surface area (Å²) in [6.45, 7) is 0. The standard InChI is InChI=1S/C15H14O2Se/c16-15-9-8-12(17-15)10-18-14-7-3-5-11-4-1-2-6-13(11)14/h1-7,12H,8-10H2. The van der Waals surface area contributed by atoms with Crippen LogP contribution in [0, 0.1) is 0 Å². The molecule has 0 saturated carbocycles. The van der Waals surface area contributed by atoms with Crippen LogP contribution in [0.25, 0.3) is 10.8 Å². The quantitative estimate of drug-likeness (QED) is 0.642. The number of hydrogen-bond acceptors (Lipinski definition) is 2. The predicted octanol–water partition coefficient (Wildman–Crippen LogP) is 2.29. The second-order valence-electron chi connectivity index (χ2n) is 4.44. The van der Waals surface area contributed by atoms with Crippen molar-refractivity contribution in [1.29, 1.82) is 0 Å². The number of rotatable bonds is 3. The summed E-state index contributed by atoms with van der Waals surface area (Å²) in [4.78, 5) is 11.1. The summed E-state index contributed by atoms with van der Waals surface area (Å²) >= 11 is 0.371. The van der Waals surface area contributed by atoms with Crippen molar-refractivity contribution in [1.82, 2.24) is 0 Å². The van der Waals surface area contributed by atoms with E-state index in [1.807, 2.05) is 0 Å². The molecule has 3 heteroatoms. The topological polar surface area (TPSA) is 26.3 Å². The Morgan fingerprint density at radius 1 is 1.17 bits per heavy atom. The Balaban J connectivity index is 1.76. The first-order valence-electron chi connectivity index (χ1n) is 6.13. The van der Waals surface area contributed by atoms with Crippen LogP contribution in [0.4, 0.5) is 0 Å². The summed E-state index contributed by atoms with van der Waals surface area (Å²) in [5.41, 5.74) is 0. The van der Waals surface area contributed by atoms with Gasteiger partial charge in [0.15, 0.2) is 0 Å². The van der Waals surface area contributed by atoms with Gasteiger partial charge in [-0.25, -0.2) is 0 Å². The fourth-order valence-corrected chi connectivity index (χ4v) is 4.55. The third kappa shape index (κ3) is 2.43. The normalized spacial score (nSPS) is 19.1. The van der Waals surface area contributed by atoms with Crippen LogP contribution in [0.5, 0.6) is 0 Å². The number of esters is 1. The minimum atomic E-state index is -0.0336. The van der Waals surface area contributed by atoms with E-state index in [1.54, 1.807) is 0 Å². The molecule has 18 heavy (non-hydrogen) atoms. The van der Waals surface area contributed by atoms with Crippen molar-refractivity contribution in [3.05, 3.63) is 42.5 Å². The first-order chi connectivity index (χ1) is 8.83. The summed E-state index contributed by atoms with van der Waals surface area (Å²) in [5.74, 6) is -0.0336. The van der Waals surface area contributed by atoms with Crippen LogP contribution in [0.2, 0.25) is 5.32 Å². The van der Waals surface area contributed by atoms with Gasteiger partial charge in [0.25, 0.3) is 0 Å². The van der Waals surface area contributed by atoms with Crippen LogP contribution in [0.15, 0.2) is 42.5 Å². The molecule has 92 valence electrons. The molecule has 1 aliphatic rings. The minimum absolute atomic E-state index is 0.0336. The number of hydrogen-bond donors (Lipinski definition) is 0. The van der Waals surface area contributed by atoms with Crippen molar-refractivity contribution in [2.24, 2.45) is 0 Å². The summed E-state index contributed by atoms with van der Waals surface area (Å²) in [6.07, 6.45) is 1.64. The molecule has 0 spiro atoms. The Morgan fingerprint density at radius 3 is 2.83 bits per heavy atom. The van der Waals surface area contributed by atoms with Crippen LogP contribution in [0.1, 0.15) is 12.8 Å². The van der Waals surface area contributed by atoms with E-state index in [1.165, 1.54) is 15.2 Å². The van der Waals surface area contributed by atoms with E-state index in [0.29, 0.717) is 21.4 Å². The Morgan fingerprint density at radius 2 is 2.00 bits per heavy atom. The Kier molecular flexibility index (Phi) is 3.35. The molecular weight excluding hydrogens is 291 g/mol. The van der Waals surface area contributed by atoms with Crippen molar-refractivity contribution in [2.45, 2.75) is 24.3 Å². The average molecular weight is 305 g/mol. The van der Waals surface area contributed by atoms with Crippen LogP contribution < -0.4 is 4.46 Å². The van der Waals surface area contributed by atoms with Gasteiger partial charge in [-0.2, -0.15) is 0 Å². The summed E-state index contributed by atoms with van der Waals surface area (Å²) in [6, 6.07) is 14.9. The van der Waals surface area contributed by atoms with Gasteiger partial charge in [0.05, 0.1) is 0 Å². The van der Waals surface area contributed by atoms with E-state index in [-0.39, 0.29) is 12.1 Å². The maximum absolute atomic E-state index is 11.1. The van der Waals surface area contributed by atoms with E-state index >= 15 is 0 Å². The zero-order valence-electron chi connectivity index (χ0n) is 9.96. The molecule has 1 aliphatic heterocycles. The summed E-state index contributed by atoms with van der Waals surface area (Å²) in [5, 5.41) is 3.62. The number of carbonyl (C=O) groups excluding carboxylic acids is 1. The van der Waals surface area contributed by atoms with E-state index in [4.69, 9.17) is 4.74 Å². The average Bonchev–Trinajstić information content (AvgIpc) is 2.82. The van der Waals surface area contributed by atoms with E-state index in [0.717, 1.165) is 11.7 Å². The molecule has 2 aromatic carbocycles. The van der Waals surface area contributed by atoms with Crippen LogP contribution in [-0.2, 0) is 9.53 Å². The predicted molar refractivity (Wildman–Crippen MR) is 73.3 cm³/mol. The fraction of sp³-hybridized carbons (Fsp3) is 0.267. The number of fused-ring (bicyclic) bond motifs is 1. The number of ether oxygens (including phenoxy) is 1. The molecule has 0 amide bonds. The number of cyclic esters (lactones) is 1. The molecular formula is C15H14O2Se. The second-order valence-corrected chi connectivity index (χ2v) is 6.67. The molecule has 0 aromatic heterocycles. The third-order valence-electron chi connectivity index (χ3n) is 3.14. The van der Waals surface area contributed by atoms with E-state index in [9.17, 15) is 4.79 Å². The fourth-order valence-electron chi connectivity index (χ4n) is 2.20. The van der Waals surface area contributed by atoms with Crippen LogP contribution >= 0.6 is 0 Å². The summed E-state index contributed by atoms with van der Waals surface area (Å²) in [7, 11) is 0. The molecule has 1 heterocycles. The molecule has 0 N–H and O–H groups in total. The zero-order valence-corrected chi connectivity index (χ0v) is 11.7. The Labute approximate surface area is 112 Å². The molecule has 1 atom stereocenters. The monoisotopic (exact) mass is 306 g/mol. The second kappa shape index (κ2) is 5.13. The van der Waals surface area contributed by atoms with E-state index < -0.39 is 0 Å². The van der Waals surface area contributed by atoms with Gasteiger partial charge in [-0.05, 0) is 0 Å². The van der Waals surface area contributed by atoms with Crippen molar-refractivity contribution in [3.8, 4) is 0 Å². The summed E-state index contributed by atoms with van der Waals surface area (Å²) < 4.78 is 6.68. The van der Waals surface area contributed by atoms with Gasteiger partial charge >= 0.3 is 112 Å². The first kappa shape index (κ1) is 11.8. The van der Waals surface area contributed by atoms with Gasteiger partial charge in [-0.3, -0.25) is 0 Å². The van der Waals surface area contributed by atoms with E-state index in [2.05, 4.69) is 42.5 Å². The van der Waals surface area contributed by atoms with Gasteiger partial charge in [0, 0.05) is 0 Å². The number of carbonyl (C=O) groups is 1. The van der Waals surface area contributed by atoms with Crippen LogP contribution in [-0.4, -0.2) is 27.0 Å². The Hall–Kier alpha value is -1.31. The molecule has 2 aromatic rings. The molecule has 1 fully saturated rings. The maximum atomic E-state index is 11.1. The molecule has 1 unspecified atom stereocenters.